The summed E-state index contributed by atoms with van der Waals surface area (Å²) in [5, 5.41) is 8.88. The summed E-state index contributed by atoms with van der Waals surface area (Å²) in [4.78, 5) is -0.903. The quantitative estimate of drug-likeness (QED) is 0.831. The summed E-state index contributed by atoms with van der Waals surface area (Å²) in [6.45, 7) is -0.548. The molecule has 4 nitrogen and oxygen atoms in total. The molecule has 1 saturated carbocycles. The third-order valence-electron chi connectivity index (χ3n) is 3.09. The zero-order valence-electron chi connectivity index (χ0n) is 10.0. The first kappa shape index (κ1) is 15.2. The van der Waals surface area contributed by atoms with Crippen LogP contribution in [0.2, 0.25) is 0 Å². The molecule has 0 atom stereocenters. The standard InChI is InChI=1S/C11H11F4NO3S/c12-8-2-1-7(6-17)5-9(8)20(18,19)16-10(3-4-10)11(13,14)15/h1-2,5,16-17H,3-4,6H2. The van der Waals surface area contributed by atoms with Crippen molar-refractivity contribution in [3.8, 4) is 0 Å². The van der Waals surface area contributed by atoms with Crippen molar-refractivity contribution in [1.29, 1.82) is 0 Å². The number of benzene rings is 1. The van der Waals surface area contributed by atoms with E-state index in [-0.39, 0.29) is 18.4 Å². The van der Waals surface area contributed by atoms with E-state index in [2.05, 4.69) is 0 Å². The molecule has 0 radical (unpaired) electrons. The van der Waals surface area contributed by atoms with Gasteiger partial charge in [0.05, 0.1) is 6.61 Å². The second kappa shape index (κ2) is 4.68. The molecule has 9 heteroatoms. The number of nitrogens with one attached hydrogen (secondary N) is 1. The van der Waals surface area contributed by atoms with Crippen molar-refractivity contribution < 1.29 is 31.1 Å². The molecule has 2 rings (SSSR count). The Balaban J connectivity index is 2.37. The SMILES string of the molecule is O=S(=O)(NC1(C(F)(F)F)CC1)c1cc(CO)ccc1F. The summed E-state index contributed by atoms with van der Waals surface area (Å²) in [6.07, 6.45) is -5.49. The second-order valence-electron chi connectivity index (χ2n) is 4.61. The number of aliphatic hydroxyl groups is 1. The summed E-state index contributed by atoms with van der Waals surface area (Å²) in [5.41, 5.74) is -2.42. The lowest BCUT2D eigenvalue weighted by Crippen LogP contribution is -2.47. The number of alkyl halides is 3. The summed E-state index contributed by atoms with van der Waals surface area (Å²) in [5.74, 6) is -1.17. The van der Waals surface area contributed by atoms with E-state index >= 15 is 0 Å². The summed E-state index contributed by atoms with van der Waals surface area (Å²) in [6, 6.07) is 2.74. The van der Waals surface area contributed by atoms with Crippen molar-refractivity contribution in [2.45, 2.75) is 36.1 Å². The number of hydrogen-bond acceptors (Lipinski definition) is 3. The van der Waals surface area contributed by atoms with Gasteiger partial charge in [-0.25, -0.2) is 12.8 Å². The van der Waals surface area contributed by atoms with Crippen LogP contribution in [0.25, 0.3) is 0 Å². The Kier molecular flexibility index (Phi) is 3.55. The highest BCUT2D eigenvalue weighted by atomic mass is 32.2. The third-order valence-corrected chi connectivity index (χ3v) is 4.64. The van der Waals surface area contributed by atoms with E-state index in [1.807, 2.05) is 0 Å². The van der Waals surface area contributed by atoms with Gasteiger partial charge in [0.1, 0.15) is 16.3 Å². The number of rotatable bonds is 4. The van der Waals surface area contributed by atoms with Crippen LogP contribution in [-0.4, -0.2) is 25.2 Å². The Morgan fingerprint density at radius 1 is 1.30 bits per heavy atom. The molecule has 112 valence electrons. The largest absolute Gasteiger partial charge is 0.407 e. The van der Waals surface area contributed by atoms with Gasteiger partial charge in [-0.05, 0) is 30.5 Å². The van der Waals surface area contributed by atoms with Crippen molar-refractivity contribution in [3.05, 3.63) is 29.6 Å². The molecule has 0 unspecified atom stereocenters. The number of halogens is 4. The van der Waals surface area contributed by atoms with Crippen LogP contribution in [0.15, 0.2) is 23.1 Å². The van der Waals surface area contributed by atoms with E-state index in [1.165, 1.54) is 4.72 Å². The highest BCUT2D eigenvalue weighted by Crippen LogP contribution is 2.49. The molecular weight excluding hydrogens is 302 g/mol. The maximum atomic E-state index is 13.5. The monoisotopic (exact) mass is 313 g/mol. The molecule has 0 heterocycles. The van der Waals surface area contributed by atoms with Crippen molar-refractivity contribution in [1.82, 2.24) is 4.72 Å². The Morgan fingerprint density at radius 3 is 2.35 bits per heavy atom. The second-order valence-corrected chi connectivity index (χ2v) is 6.26. The van der Waals surface area contributed by atoms with Gasteiger partial charge in [0.25, 0.3) is 0 Å². The smallest absolute Gasteiger partial charge is 0.392 e. The predicted molar refractivity (Wildman–Crippen MR) is 60.7 cm³/mol. The average Bonchev–Trinajstić information content (AvgIpc) is 3.09. The van der Waals surface area contributed by atoms with Gasteiger partial charge in [-0.1, -0.05) is 6.07 Å². The Hall–Kier alpha value is -1.19. The van der Waals surface area contributed by atoms with Crippen LogP contribution in [-0.2, 0) is 16.6 Å². The van der Waals surface area contributed by atoms with Crippen molar-refractivity contribution in [2.24, 2.45) is 0 Å². The molecule has 0 saturated heterocycles. The van der Waals surface area contributed by atoms with E-state index in [0.717, 1.165) is 18.2 Å². The van der Waals surface area contributed by atoms with Crippen molar-refractivity contribution in [2.75, 3.05) is 0 Å². The maximum Gasteiger partial charge on any atom is 0.407 e. The van der Waals surface area contributed by atoms with Crippen LogP contribution in [0.1, 0.15) is 18.4 Å². The lowest BCUT2D eigenvalue weighted by atomic mass is 10.2. The van der Waals surface area contributed by atoms with Crippen LogP contribution in [0, 0.1) is 5.82 Å². The molecule has 1 aromatic carbocycles. The van der Waals surface area contributed by atoms with Gasteiger partial charge in [-0.15, -0.1) is 0 Å². The summed E-state index contributed by atoms with van der Waals surface area (Å²) in [7, 11) is -4.66. The predicted octanol–water partition coefficient (Wildman–Crippen LogP) is 1.69. The van der Waals surface area contributed by atoms with Crippen LogP contribution < -0.4 is 4.72 Å². The van der Waals surface area contributed by atoms with Crippen LogP contribution in [0.5, 0.6) is 0 Å². The molecular formula is C11H11F4NO3S. The summed E-state index contributed by atoms with van der Waals surface area (Å²) >= 11 is 0. The van der Waals surface area contributed by atoms with Crippen molar-refractivity contribution >= 4 is 10.0 Å². The Morgan fingerprint density at radius 2 is 1.90 bits per heavy atom. The zero-order valence-corrected chi connectivity index (χ0v) is 10.9. The minimum atomic E-state index is -4.73. The van der Waals surface area contributed by atoms with Crippen molar-refractivity contribution in [3.63, 3.8) is 0 Å². The third kappa shape index (κ3) is 2.65. The molecule has 0 aliphatic heterocycles. The van der Waals surface area contributed by atoms with E-state index < -0.39 is 39.1 Å². The van der Waals surface area contributed by atoms with Gasteiger partial charge in [0.15, 0.2) is 0 Å². The fourth-order valence-electron chi connectivity index (χ4n) is 1.73. The fourth-order valence-corrected chi connectivity index (χ4v) is 3.31. The molecule has 0 aromatic heterocycles. The number of hydrogen-bond donors (Lipinski definition) is 2. The molecule has 0 bridgehead atoms. The normalized spacial score (nSPS) is 18.1. The molecule has 1 aromatic rings. The first-order valence-corrected chi connectivity index (χ1v) is 7.10. The number of aliphatic hydroxyl groups excluding tert-OH is 1. The minimum absolute atomic E-state index is 0.0867. The van der Waals surface area contributed by atoms with Gasteiger partial charge < -0.3 is 5.11 Å². The molecule has 20 heavy (non-hydrogen) atoms. The van der Waals surface area contributed by atoms with E-state index in [0.29, 0.717) is 0 Å². The number of sulfonamides is 1. The van der Waals surface area contributed by atoms with Gasteiger partial charge in [-0.2, -0.15) is 17.9 Å². The lowest BCUT2D eigenvalue weighted by Gasteiger charge is -2.20. The first-order valence-electron chi connectivity index (χ1n) is 5.61. The minimum Gasteiger partial charge on any atom is -0.392 e. The highest BCUT2D eigenvalue weighted by molar-refractivity contribution is 7.89. The molecule has 2 N–H and O–H groups in total. The Bertz CT molecular complexity index is 623. The van der Waals surface area contributed by atoms with Crippen LogP contribution in [0.4, 0.5) is 17.6 Å². The highest BCUT2D eigenvalue weighted by Gasteiger charge is 2.65. The molecule has 1 aliphatic rings. The topological polar surface area (TPSA) is 66.4 Å². The molecule has 0 amide bonds. The van der Waals surface area contributed by atoms with E-state index in [4.69, 9.17) is 5.11 Å². The fraction of sp³-hybridized carbons (Fsp3) is 0.455. The van der Waals surface area contributed by atoms with Gasteiger partial charge in [0.2, 0.25) is 10.0 Å². The van der Waals surface area contributed by atoms with E-state index in [9.17, 15) is 26.0 Å². The van der Waals surface area contributed by atoms with Crippen LogP contribution >= 0.6 is 0 Å². The summed E-state index contributed by atoms with van der Waals surface area (Å²) < 4.78 is 77.0. The van der Waals surface area contributed by atoms with Crippen LogP contribution in [0.3, 0.4) is 0 Å². The van der Waals surface area contributed by atoms with Gasteiger partial charge in [-0.3, -0.25) is 0 Å². The molecule has 1 aliphatic carbocycles. The zero-order chi connectivity index (χ0) is 15.2. The Labute approximate surface area is 112 Å². The molecule has 1 fully saturated rings. The van der Waals surface area contributed by atoms with Gasteiger partial charge in [0, 0.05) is 0 Å². The first-order chi connectivity index (χ1) is 9.11. The average molecular weight is 313 g/mol. The van der Waals surface area contributed by atoms with E-state index in [1.54, 1.807) is 0 Å². The molecule has 0 spiro atoms. The lowest BCUT2D eigenvalue weighted by molar-refractivity contribution is -0.160. The maximum absolute atomic E-state index is 13.5. The van der Waals surface area contributed by atoms with Gasteiger partial charge >= 0.3 is 6.18 Å².